The van der Waals surface area contributed by atoms with Crippen LogP contribution >= 0.6 is 0 Å². The van der Waals surface area contributed by atoms with Gasteiger partial charge in [-0.15, -0.1) is 0 Å². The summed E-state index contributed by atoms with van der Waals surface area (Å²) in [6.45, 7) is 8.52. The Morgan fingerprint density at radius 3 is 2.82 bits per heavy atom. The van der Waals surface area contributed by atoms with Crippen molar-refractivity contribution < 1.29 is 5.11 Å². The lowest BCUT2D eigenvalue weighted by molar-refractivity contribution is 0.213. The highest BCUT2D eigenvalue weighted by molar-refractivity contribution is 4.99. The third-order valence-electron chi connectivity index (χ3n) is 3.40. The van der Waals surface area contributed by atoms with Crippen molar-refractivity contribution in [3.05, 3.63) is 18.2 Å². The van der Waals surface area contributed by atoms with Gasteiger partial charge in [0, 0.05) is 31.4 Å². The van der Waals surface area contributed by atoms with Crippen LogP contribution in [0.4, 0.5) is 0 Å². The molecule has 0 aliphatic carbocycles. The first-order valence-electron chi connectivity index (χ1n) is 6.50. The molecule has 2 N–H and O–H groups in total. The number of aliphatic hydroxyl groups excluding tert-OH is 1. The molecule has 0 radical (unpaired) electrons. The van der Waals surface area contributed by atoms with E-state index in [0.717, 1.165) is 32.4 Å². The molecule has 0 amide bonds. The molecule has 0 aliphatic rings. The van der Waals surface area contributed by atoms with Crippen molar-refractivity contribution in [3.63, 3.8) is 0 Å². The molecule has 1 aromatic rings. The van der Waals surface area contributed by atoms with Crippen LogP contribution in [0.5, 0.6) is 0 Å². The highest BCUT2D eigenvalue weighted by Crippen LogP contribution is 2.15. The van der Waals surface area contributed by atoms with Gasteiger partial charge in [-0.2, -0.15) is 0 Å². The smallest absolute Gasteiger partial charge is 0.0948 e. The zero-order chi connectivity index (χ0) is 12.7. The number of hydrogen-bond donors (Lipinski definition) is 2. The van der Waals surface area contributed by atoms with E-state index in [-0.39, 0.29) is 12.1 Å². The second-order valence-electron chi connectivity index (χ2n) is 4.82. The van der Waals surface area contributed by atoms with Gasteiger partial charge in [-0.05, 0) is 26.2 Å². The Morgan fingerprint density at radius 2 is 2.24 bits per heavy atom. The fourth-order valence-electron chi connectivity index (χ4n) is 1.88. The van der Waals surface area contributed by atoms with Crippen molar-refractivity contribution in [2.75, 3.05) is 6.61 Å². The average molecular weight is 239 g/mol. The van der Waals surface area contributed by atoms with Gasteiger partial charge >= 0.3 is 0 Å². The van der Waals surface area contributed by atoms with Crippen LogP contribution in [0.15, 0.2) is 12.5 Å². The molecule has 4 nitrogen and oxygen atoms in total. The van der Waals surface area contributed by atoms with Crippen molar-refractivity contribution in [2.24, 2.45) is 0 Å². The van der Waals surface area contributed by atoms with Crippen LogP contribution in [0.2, 0.25) is 0 Å². The molecular formula is C13H25N3O. The minimum Gasteiger partial charge on any atom is -0.396 e. The van der Waals surface area contributed by atoms with Gasteiger partial charge in [0.1, 0.15) is 0 Å². The van der Waals surface area contributed by atoms with E-state index in [1.165, 1.54) is 5.69 Å². The highest BCUT2D eigenvalue weighted by Gasteiger charge is 2.20. The molecule has 98 valence electrons. The highest BCUT2D eigenvalue weighted by atomic mass is 16.3. The van der Waals surface area contributed by atoms with Gasteiger partial charge in [0.15, 0.2) is 0 Å². The number of aliphatic hydroxyl groups is 1. The van der Waals surface area contributed by atoms with Crippen molar-refractivity contribution in [2.45, 2.75) is 58.7 Å². The number of aryl methyl sites for hydroxylation is 1. The van der Waals surface area contributed by atoms with E-state index < -0.39 is 0 Å². The number of aromatic nitrogens is 2. The van der Waals surface area contributed by atoms with E-state index in [4.69, 9.17) is 5.11 Å². The zero-order valence-corrected chi connectivity index (χ0v) is 11.2. The fourth-order valence-corrected chi connectivity index (χ4v) is 1.88. The summed E-state index contributed by atoms with van der Waals surface area (Å²) in [6, 6.07) is 0. The van der Waals surface area contributed by atoms with Crippen LogP contribution < -0.4 is 5.32 Å². The molecule has 1 heterocycles. The van der Waals surface area contributed by atoms with E-state index in [1.54, 1.807) is 0 Å². The Bertz CT molecular complexity index is 324. The molecule has 0 aromatic carbocycles. The molecule has 0 spiro atoms. The Kier molecular flexibility index (Phi) is 5.65. The monoisotopic (exact) mass is 239 g/mol. The second kappa shape index (κ2) is 6.77. The fraction of sp³-hybridized carbons (Fsp3) is 0.769. The molecule has 1 unspecified atom stereocenters. The van der Waals surface area contributed by atoms with Crippen LogP contribution in [0.3, 0.4) is 0 Å². The summed E-state index contributed by atoms with van der Waals surface area (Å²) in [6.07, 6.45) is 6.71. The van der Waals surface area contributed by atoms with Gasteiger partial charge in [0.05, 0.1) is 12.0 Å². The van der Waals surface area contributed by atoms with Crippen LogP contribution in [0.1, 0.15) is 45.7 Å². The summed E-state index contributed by atoms with van der Waals surface area (Å²) in [5, 5.41) is 12.6. The predicted octanol–water partition coefficient (Wildman–Crippen LogP) is 1.93. The summed E-state index contributed by atoms with van der Waals surface area (Å²) >= 11 is 0. The maximum absolute atomic E-state index is 9.07. The Labute approximate surface area is 104 Å². The first-order chi connectivity index (χ1) is 8.15. The molecular weight excluding hydrogens is 214 g/mol. The van der Waals surface area contributed by atoms with Crippen molar-refractivity contribution in [1.82, 2.24) is 14.9 Å². The van der Waals surface area contributed by atoms with E-state index in [9.17, 15) is 0 Å². The molecule has 0 bridgehead atoms. The van der Waals surface area contributed by atoms with Gasteiger partial charge in [-0.25, -0.2) is 4.98 Å². The van der Waals surface area contributed by atoms with E-state index in [1.807, 2.05) is 12.5 Å². The number of nitrogens with zero attached hydrogens (tertiary/aromatic N) is 2. The number of rotatable bonds is 8. The summed E-state index contributed by atoms with van der Waals surface area (Å²) < 4.78 is 2.18. The molecule has 0 fully saturated rings. The summed E-state index contributed by atoms with van der Waals surface area (Å²) in [7, 11) is 0. The van der Waals surface area contributed by atoms with Crippen molar-refractivity contribution >= 4 is 0 Å². The minimum absolute atomic E-state index is 0.00998. The molecule has 0 aliphatic heterocycles. The van der Waals surface area contributed by atoms with Crippen LogP contribution in [-0.2, 0) is 13.1 Å². The number of imidazole rings is 1. The van der Waals surface area contributed by atoms with Gasteiger partial charge in [-0.3, -0.25) is 0 Å². The normalized spacial score (nSPS) is 14.8. The second-order valence-corrected chi connectivity index (χ2v) is 4.82. The quantitative estimate of drug-likeness (QED) is 0.729. The standard InChI is InChI=1S/C13H25N3O/c1-4-7-16-11-14-9-12(16)10-15-13(3,5-2)6-8-17/h9,11,15,17H,4-8,10H2,1-3H3. The SMILES string of the molecule is CCCn1cncc1CNC(C)(CC)CCO. The average Bonchev–Trinajstić information content (AvgIpc) is 2.75. The summed E-state index contributed by atoms with van der Waals surface area (Å²) in [5.74, 6) is 0. The Hall–Kier alpha value is -0.870. The Morgan fingerprint density at radius 1 is 1.47 bits per heavy atom. The molecule has 1 rings (SSSR count). The van der Waals surface area contributed by atoms with Crippen LogP contribution in [0.25, 0.3) is 0 Å². The largest absolute Gasteiger partial charge is 0.396 e. The third-order valence-corrected chi connectivity index (χ3v) is 3.40. The maximum Gasteiger partial charge on any atom is 0.0948 e. The van der Waals surface area contributed by atoms with Crippen LogP contribution in [0, 0.1) is 0 Å². The lowest BCUT2D eigenvalue weighted by Gasteiger charge is -2.29. The molecule has 0 saturated heterocycles. The van der Waals surface area contributed by atoms with Gasteiger partial charge < -0.3 is 15.0 Å². The Balaban J connectivity index is 2.56. The van der Waals surface area contributed by atoms with E-state index in [2.05, 4.69) is 35.6 Å². The molecule has 17 heavy (non-hydrogen) atoms. The predicted molar refractivity (Wildman–Crippen MR) is 69.8 cm³/mol. The molecule has 1 atom stereocenters. The lowest BCUT2D eigenvalue weighted by atomic mass is 9.95. The van der Waals surface area contributed by atoms with E-state index in [0.29, 0.717) is 0 Å². The van der Waals surface area contributed by atoms with Gasteiger partial charge in [0.25, 0.3) is 0 Å². The zero-order valence-electron chi connectivity index (χ0n) is 11.2. The van der Waals surface area contributed by atoms with Crippen LogP contribution in [-0.4, -0.2) is 26.8 Å². The lowest BCUT2D eigenvalue weighted by Crippen LogP contribution is -2.42. The summed E-state index contributed by atoms with van der Waals surface area (Å²) in [5.41, 5.74) is 1.22. The third kappa shape index (κ3) is 4.13. The molecule has 4 heteroatoms. The first-order valence-corrected chi connectivity index (χ1v) is 6.50. The van der Waals surface area contributed by atoms with Crippen molar-refractivity contribution in [3.8, 4) is 0 Å². The van der Waals surface area contributed by atoms with Gasteiger partial charge in [0.2, 0.25) is 0 Å². The number of nitrogens with one attached hydrogen (secondary N) is 1. The number of hydrogen-bond acceptors (Lipinski definition) is 3. The maximum atomic E-state index is 9.07. The minimum atomic E-state index is 0.00998. The first kappa shape index (κ1) is 14.2. The van der Waals surface area contributed by atoms with Crippen molar-refractivity contribution in [1.29, 1.82) is 0 Å². The molecule has 1 aromatic heterocycles. The molecule has 0 saturated carbocycles. The van der Waals surface area contributed by atoms with E-state index >= 15 is 0 Å². The topological polar surface area (TPSA) is 50.1 Å². The summed E-state index contributed by atoms with van der Waals surface area (Å²) in [4.78, 5) is 4.19. The van der Waals surface area contributed by atoms with Gasteiger partial charge in [-0.1, -0.05) is 13.8 Å².